The van der Waals surface area contributed by atoms with Crippen molar-refractivity contribution in [2.24, 2.45) is 0 Å². The molecule has 2 aliphatic heterocycles. The second-order valence-corrected chi connectivity index (χ2v) is 6.78. The van der Waals surface area contributed by atoms with Crippen molar-refractivity contribution in [1.82, 2.24) is 19.9 Å². The average molecular weight is 309 g/mol. The molecule has 23 heavy (non-hydrogen) atoms. The van der Waals surface area contributed by atoms with E-state index in [1.165, 1.54) is 25.8 Å². The van der Waals surface area contributed by atoms with E-state index in [1.54, 1.807) is 6.20 Å². The number of aryl methyl sites for hydroxylation is 1. The van der Waals surface area contributed by atoms with Crippen LogP contribution in [0.25, 0.3) is 11.4 Å². The van der Waals surface area contributed by atoms with Gasteiger partial charge in [0.2, 0.25) is 0 Å². The summed E-state index contributed by atoms with van der Waals surface area (Å²) in [5, 5.41) is 0. The fourth-order valence-corrected chi connectivity index (χ4v) is 3.93. The predicted octanol–water partition coefficient (Wildman–Crippen LogP) is 2.52. The molecule has 2 aromatic heterocycles. The molecule has 2 bridgehead atoms. The molecular formula is C18H23N5. The molecule has 2 saturated heterocycles. The molecule has 0 aromatic carbocycles. The van der Waals surface area contributed by atoms with E-state index in [0.29, 0.717) is 12.1 Å². The Labute approximate surface area is 137 Å². The van der Waals surface area contributed by atoms with Crippen molar-refractivity contribution in [2.45, 2.75) is 38.3 Å². The van der Waals surface area contributed by atoms with Gasteiger partial charge in [-0.15, -0.1) is 0 Å². The minimum Gasteiger partial charge on any atom is -0.349 e. The molecular weight excluding hydrogens is 286 g/mol. The number of hydrogen-bond donors (Lipinski definition) is 0. The second-order valence-electron chi connectivity index (χ2n) is 6.78. The van der Waals surface area contributed by atoms with E-state index in [0.717, 1.165) is 29.4 Å². The van der Waals surface area contributed by atoms with Gasteiger partial charge >= 0.3 is 0 Å². The Kier molecular flexibility index (Phi) is 3.73. The van der Waals surface area contributed by atoms with Crippen molar-refractivity contribution in [3.05, 3.63) is 36.3 Å². The van der Waals surface area contributed by atoms with E-state index in [2.05, 4.69) is 39.8 Å². The van der Waals surface area contributed by atoms with Gasteiger partial charge in [0.25, 0.3) is 0 Å². The van der Waals surface area contributed by atoms with Crippen LogP contribution in [0.3, 0.4) is 0 Å². The van der Waals surface area contributed by atoms with Gasteiger partial charge in [0.1, 0.15) is 5.82 Å². The fourth-order valence-electron chi connectivity index (χ4n) is 3.93. The number of fused-ring (bicyclic) bond motifs is 2. The maximum absolute atomic E-state index is 4.89. The van der Waals surface area contributed by atoms with Gasteiger partial charge in [0.05, 0.1) is 0 Å². The molecule has 0 spiro atoms. The van der Waals surface area contributed by atoms with Crippen LogP contribution in [0.15, 0.2) is 30.6 Å². The summed E-state index contributed by atoms with van der Waals surface area (Å²) in [5.74, 6) is 1.87. The van der Waals surface area contributed by atoms with E-state index in [4.69, 9.17) is 4.98 Å². The third kappa shape index (κ3) is 2.81. The summed E-state index contributed by atoms with van der Waals surface area (Å²) < 4.78 is 0. The van der Waals surface area contributed by atoms with Crippen molar-refractivity contribution < 1.29 is 0 Å². The summed E-state index contributed by atoms with van der Waals surface area (Å²) in [4.78, 5) is 18.7. The van der Waals surface area contributed by atoms with E-state index in [-0.39, 0.29) is 0 Å². The second kappa shape index (κ2) is 5.89. The predicted molar refractivity (Wildman–Crippen MR) is 91.4 cm³/mol. The highest BCUT2D eigenvalue weighted by atomic mass is 15.3. The van der Waals surface area contributed by atoms with Crippen molar-refractivity contribution in [2.75, 3.05) is 25.0 Å². The van der Waals surface area contributed by atoms with Gasteiger partial charge in [-0.05, 0) is 51.9 Å². The number of pyridine rings is 1. The summed E-state index contributed by atoms with van der Waals surface area (Å²) in [5.41, 5.74) is 2.00. The lowest BCUT2D eigenvalue weighted by atomic mass is 10.1. The Morgan fingerprint density at radius 3 is 2.83 bits per heavy atom. The average Bonchev–Trinajstić information content (AvgIpc) is 2.87. The molecule has 4 rings (SSSR count). The molecule has 4 heterocycles. The smallest absolute Gasteiger partial charge is 0.163 e. The molecule has 2 aromatic rings. The Morgan fingerprint density at radius 1 is 1.13 bits per heavy atom. The van der Waals surface area contributed by atoms with Gasteiger partial charge in [-0.2, -0.15) is 0 Å². The molecule has 2 fully saturated rings. The normalized spacial score (nSPS) is 24.7. The molecule has 2 aliphatic rings. The highest BCUT2D eigenvalue weighted by molar-refractivity contribution is 5.57. The maximum Gasteiger partial charge on any atom is 0.163 e. The van der Waals surface area contributed by atoms with Gasteiger partial charge in [0.15, 0.2) is 5.82 Å². The number of aromatic nitrogens is 3. The lowest BCUT2D eigenvalue weighted by Gasteiger charge is -2.30. The van der Waals surface area contributed by atoms with E-state index >= 15 is 0 Å². The van der Waals surface area contributed by atoms with Gasteiger partial charge in [-0.1, -0.05) is 0 Å². The molecule has 0 amide bonds. The van der Waals surface area contributed by atoms with Crippen molar-refractivity contribution in [3.63, 3.8) is 0 Å². The van der Waals surface area contributed by atoms with Crippen molar-refractivity contribution >= 4 is 5.82 Å². The topological polar surface area (TPSA) is 45.2 Å². The largest absolute Gasteiger partial charge is 0.349 e. The third-order valence-corrected chi connectivity index (χ3v) is 5.01. The van der Waals surface area contributed by atoms with Crippen LogP contribution in [-0.4, -0.2) is 52.1 Å². The number of likely N-dealkylation sites (tertiary alicyclic amines) is 1. The molecule has 0 radical (unpaired) electrons. The lowest BCUT2D eigenvalue weighted by molar-refractivity contribution is 0.315. The Bertz CT molecular complexity index is 687. The zero-order chi connectivity index (χ0) is 15.8. The zero-order valence-corrected chi connectivity index (χ0v) is 13.8. The quantitative estimate of drug-likeness (QED) is 0.853. The first kappa shape index (κ1) is 14.6. The van der Waals surface area contributed by atoms with Gasteiger partial charge < -0.3 is 9.80 Å². The SMILES string of the molecule is Cc1cc(N2[C@@H]3CC[C@H]2CN(C)CC3)nc(-c2cccnc2)n1. The standard InChI is InChI=1S/C18H23N5/c1-13-10-17(21-18(20-13)14-4-3-8-19-11-14)23-15-5-6-16(23)12-22(2)9-7-15/h3-4,8,10-11,15-16H,5-7,9,12H2,1-2H3/t15-,16+/m1/s1. The van der Waals surface area contributed by atoms with E-state index < -0.39 is 0 Å². The van der Waals surface area contributed by atoms with Crippen LogP contribution < -0.4 is 4.90 Å². The van der Waals surface area contributed by atoms with Crippen molar-refractivity contribution in [3.8, 4) is 11.4 Å². The molecule has 0 saturated carbocycles. The van der Waals surface area contributed by atoms with Gasteiger partial charge in [-0.3, -0.25) is 4.98 Å². The van der Waals surface area contributed by atoms with Crippen LogP contribution in [-0.2, 0) is 0 Å². The first-order valence-corrected chi connectivity index (χ1v) is 8.43. The van der Waals surface area contributed by atoms with Crippen LogP contribution in [0.5, 0.6) is 0 Å². The highest BCUT2D eigenvalue weighted by Gasteiger charge is 2.37. The molecule has 0 aliphatic carbocycles. The summed E-state index contributed by atoms with van der Waals surface area (Å²) in [7, 11) is 2.23. The first-order valence-electron chi connectivity index (χ1n) is 8.43. The Balaban J connectivity index is 1.73. The number of nitrogens with zero attached hydrogens (tertiary/aromatic N) is 5. The third-order valence-electron chi connectivity index (χ3n) is 5.01. The fraction of sp³-hybridized carbons (Fsp3) is 0.500. The van der Waals surface area contributed by atoms with Crippen LogP contribution in [0.4, 0.5) is 5.82 Å². The molecule has 2 atom stereocenters. The summed E-state index contributed by atoms with van der Waals surface area (Å²) >= 11 is 0. The molecule has 0 N–H and O–H groups in total. The minimum absolute atomic E-state index is 0.573. The molecule has 5 nitrogen and oxygen atoms in total. The lowest BCUT2D eigenvalue weighted by Crippen LogP contribution is -2.39. The molecule has 0 unspecified atom stereocenters. The Hall–Kier alpha value is -2.01. The van der Waals surface area contributed by atoms with Crippen LogP contribution in [0, 0.1) is 6.92 Å². The minimum atomic E-state index is 0.573. The Morgan fingerprint density at radius 2 is 2.00 bits per heavy atom. The first-order chi connectivity index (χ1) is 11.2. The summed E-state index contributed by atoms with van der Waals surface area (Å²) in [6.45, 7) is 4.36. The number of anilines is 1. The van der Waals surface area contributed by atoms with Crippen LogP contribution in [0.1, 0.15) is 25.0 Å². The molecule has 5 heteroatoms. The maximum atomic E-state index is 4.89. The zero-order valence-electron chi connectivity index (χ0n) is 13.8. The summed E-state index contributed by atoms with van der Waals surface area (Å²) in [6, 6.07) is 7.28. The highest BCUT2D eigenvalue weighted by Crippen LogP contribution is 2.34. The number of rotatable bonds is 2. The van der Waals surface area contributed by atoms with Gasteiger partial charge in [0, 0.05) is 48.3 Å². The van der Waals surface area contributed by atoms with Crippen LogP contribution in [0.2, 0.25) is 0 Å². The number of likely N-dealkylation sites (N-methyl/N-ethyl adjacent to an activating group) is 1. The van der Waals surface area contributed by atoms with E-state index in [9.17, 15) is 0 Å². The monoisotopic (exact) mass is 309 g/mol. The summed E-state index contributed by atoms with van der Waals surface area (Å²) in [6.07, 6.45) is 7.39. The molecule has 120 valence electrons. The number of hydrogen-bond acceptors (Lipinski definition) is 5. The van der Waals surface area contributed by atoms with Crippen molar-refractivity contribution in [1.29, 1.82) is 0 Å². The van der Waals surface area contributed by atoms with E-state index in [1.807, 2.05) is 18.3 Å². The van der Waals surface area contributed by atoms with Gasteiger partial charge in [-0.25, -0.2) is 9.97 Å². The van der Waals surface area contributed by atoms with Crippen LogP contribution >= 0.6 is 0 Å².